The maximum Gasteiger partial charge on any atom is 0.305 e. The number of hydrogen-bond acceptors (Lipinski definition) is 4. The van der Waals surface area contributed by atoms with Gasteiger partial charge in [0.15, 0.2) is 0 Å². The lowest BCUT2D eigenvalue weighted by Gasteiger charge is -2.34. The van der Waals surface area contributed by atoms with Crippen molar-refractivity contribution in [2.75, 3.05) is 7.05 Å². The Balaban J connectivity index is 2.97. The van der Waals surface area contributed by atoms with Crippen LogP contribution in [0.25, 0.3) is 0 Å². The Morgan fingerprint density at radius 1 is 1.44 bits per heavy atom. The Morgan fingerprint density at radius 2 is 2.06 bits per heavy atom. The molecule has 1 rings (SSSR count). The predicted molar refractivity (Wildman–Crippen MR) is 65.2 cm³/mol. The molecular formula is C12H17N3O3. The molecule has 1 N–H and O–H groups in total. The molecule has 98 valence electrons. The van der Waals surface area contributed by atoms with Gasteiger partial charge >= 0.3 is 5.97 Å². The second-order valence-corrected chi connectivity index (χ2v) is 4.77. The molecule has 1 amide bonds. The number of carboxylic acids is 1. The molecule has 1 heterocycles. The Labute approximate surface area is 106 Å². The van der Waals surface area contributed by atoms with Crippen molar-refractivity contribution in [3.8, 4) is 0 Å². The lowest BCUT2D eigenvalue weighted by molar-refractivity contribution is -0.139. The van der Waals surface area contributed by atoms with E-state index < -0.39 is 11.5 Å². The smallest absolute Gasteiger partial charge is 0.305 e. The molecule has 18 heavy (non-hydrogen) atoms. The maximum atomic E-state index is 12.2. The van der Waals surface area contributed by atoms with Crippen LogP contribution in [0.3, 0.4) is 0 Å². The van der Waals surface area contributed by atoms with E-state index in [4.69, 9.17) is 5.11 Å². The Bertz CT molecular complexity index is 471. The van der Waals surface area contributed by atoms with Gasteiger partial charge in [0.25, 0.3) is 5.91 Å². The van der Waals surface area contributed by atoms with Gasteiger partial charge in [-0.1, -0.05) is 0 Å². The molecule has 0 bridgehead atoms. The molecule has 0 radical (unpaired) electrons. The maximum absolute atomic E-state index is 12.2. The summed E-state index contributed by atoms with van der Waals surface area (Å²) < 4.78 is 0. The van der Waals surface area contributed by atoms with E-state index >= 15 is 0 Å². The van der Waals surface area contributed by atoms with Crippen molar-refractivity contribution in [1.29, 1.82) is 0 Å². The highest BCUT2D eigenvalue weighted by Crippen LogP contribution is 2.20. The van der Waals surface area contributed by atoms with Gasteiger partial charge in [-0.05, 0) is 20.8 Å². The second kappa shape index (κ2) is 5.12. The van der Waals surface area contributed by atoms with E-state index in [9.17, 15) is 9.59 Å². The van der Waals surface area contributed by atoms with Crippen molar-refractivity contribution < 1.29 is 14.7 Å². The number of aryl methyl sites for hydroxylation is 1. The van der Waals surface area contributed by atoms with Gasteiger partial charge < -0.3 is 10.0 Å². The highest BCUT2D eigenvalue weighted by Gasteiger charge is 2.31. The third-order valence-electron chi connectivity index (χ3n) is 2.94. The van der Waals surface area contributed by atoms with Gasteiger partial charge in [0.1, 0.15) is 6.33 Å². The number of nitrogens with zero attached hydrogens (tertiary/aromatic N) is 3. The highest BCUT2D eigenvalue weighted by molar-refractivity contribution is 5.95. The van der Waals surface area contributed by atoms with Gasteiger partial charge in [-0.25, -0.2) is 9.97 Å². The van der Waals surface area contributed by atoms with Crippen molar-refractivity contribution in [3.05, 3.63) is 23.8 Å². The third kappa shape index (κ3) is 3.03. The first-order chi connectivity index (χ1) is 8.25. The molecule has 0 spiro atoms. The van der Waals surface area contributed by atoms with Crippen LogP contribution >= 0.6 is 0 Å². The van der Waals surface area contributed by atoms with Crippen LogP contribution in [0.5, 0.6) is 0 Å². The van der Waals surface area contributed by atoms with Gasteiger partial charge in [0.2, 0.25) is 0 Å². The molecule has 0 aliphatic heterocycles. The SMILES string of the molecule is Cc1ncncc1C(=O)N(C)C(C)(C)CC(=O)O. The average molecular weight is 251 g/mol. The van der Waals surface area contributed by atoms with Crippen molar-refractivity contribution in [1.82, 2.24) is 14.9 Å². The minimum absolute atomic E-state index is 0.123. The zero-order valence-electron chi connectivity index (χ0n) is 11.0. The summed E-state index contributed by atoms with van der Waals surface area (Å²) >= 11 is 0. The van der Waals surface area contributed by atoms with Gasteiger partial charge in [0.05, 0.1) is 17.7 Å². The molecule has 1 aromatic heterocycles. The summed E-state index contributed by atoms with van der Waals surface area (Å²) in [7, 11) is 1.58. The summed E-state index contributed by atoms with van der Waals surface area (Å²) in [6, 6.07) is 0. The summed E-state index contributed by atoms with van der Waals surface area (Å²) in [5, 5.41) is 8.84. The van der Waals surface area contributed by atoms with Gasteiger partial charge in [-0.15, -0.1) is 0 Å². The number of aliphatic carboxylic acids is 1. The second-order valence-electron chi connectivity index (χ2n) is 4.77. The average Bonchev–Trinajstić information content (AvgIpc) is 2.26. The summed E-state index contributed by atoms with van der Waals surface area (Å²) in [6.07, 6.45) is 2.69. The number of aromatic nitrogens is 2. The molecule has 1 aromatic rings. The summed E-state index contributed by atoms with van der Waals surface area (Å²) in [5.74, 6) is -1.22. The van der Waals surface area contributed by atoms with Crippen molar-refractivity contribution in [2.45, 2.75) is 32.7 Å². The first-order valence-electron chi connectivity index (χ1n) is 5.52. The predicted octanol–water partition coefficient (Wildman–Crippen LogP) is 1.11. The largest absolute Gasteiger partial charge is 0.481 e. The fraction of sp³-hybridized carbons (Fsp3) is 0.500. The Kier molecular flexibility index (Phi) is 4.00. The van der Waals surface area contributed by atoms with E-state index in [2.05, 4.69) is 9.97 Å². The van der Waals surface area contributed by atoms with E-state index in [1.54, 1.807) is 27.8 Å². The monoisotopic (exact) mass is 251 g/mol. The summed E-state index contributed by atoms with van der Waals surface area (Å²) in [4.78, 5) is 32.2. The van der Waals surface area contributed by atoms with Crippen molar-refractivity contribution in [3.63, 3.8) is 0 Å². The van der Waals surface area contributed by atoms with Gasteiger partial charge in [0, 0.05) is 18.8 Å². The number of carbonyl (C=O) groups is 2. The first-order valence-corrected chi connectivity index (χ1v) is 5.52. The standard InChI is InChI=1S/C12H17N3O3/c1-8-9(6-13-7-14-8)11(18)15(4)12(2,3)5-10(16)17/h6-7H,5H2,1-4H3,(H,16,17). The normalized spacial score (nSPS) is 11.1. The molecule has 0 aromatic carbocycles. The van der Waals surface area contributed by atoms with E-state index in [1.165, 1.54) is 17.4 Å². The highest BCUT2D eigenvalue weighted by atomic mass is 16.4. The van der Waals surface area contributed by atoms with E-state index in [1.807, 2.05) is 0 Å². The number of rotatable bonds is 4. The fourth-order valence-corrected chi connectivity index (χ4v) is 1.54. The minimum atomic E-state index is -0.944. The summed E-state index contributed by atoms with van der Waals surface area (Å²) in [5.41, 5.74) is 0.192. The molecule has 0 aliphatic rings. The third-order valence-corrected chi connectivity index (χ3v) is 2.94. The Hall–Kier alpha value is -1.98. The molecule has 0 saturated heterocycles. The number of carbonyl (C=O) groups excluding carboxylic acids is 1. The zero-order chi connectivity index (χ0) is 13.9. The Morgan fingerprint density at radius 3 is 2.56 bits per heavy atom. The minimum Gasteiger partial charge on any atom is -0.481 e. The quantitative estimate of drug-likeness (QED) is 0.866. The van der Waals surface area contributed by atoms with Crippen LogP contribution in [0.2, 0.25) is 0 Å². The number of carboxylic acid groups (broad SMARTS) is 1. The van der Waals surface area contributed by atoms with Crippen LogP contribution in [-0.4, -0.2) is 44.4 Å². The molecule has 0 atom stereocenters. The van der Waals surface area contributed by atoms with Crippen LogP contribution in [0.15, 0.2) is 12.5 Å². The van der Waals surface area contributed by atoms with Gasteiger partial charge in [-0.3, -0.25) is 9.59 Å². The van der Waals surface area contributed by atoms with Crippen molar-refractivity contribution in [2.24, 2.45) is 0 Å². The van der Waals surface area contributed by atoms with E-state index in [0.717, 1.165) is 0 Å². The lowest BCUT2D eigenvalue weighted by atomic mass is 9.98. The van der Waals surface area contributed by atoms with Gasteiger partial charge in [-0.2, -0.15) is 0 Å². The molecule has 0 unspecified atom stereocenters. The molecular weight excluding hydrogens is 234 g/mol. The molecule has 0 saturated carbocycles. The molecule has 0 aliphatic carbocycles. The van der Waals surface area contributed by atoms with E-state index in [0.29, 0.717) is 11.3 Å². The molecule has 6 nitrogen and oxygen atoms in total. The van der Waals surface area contributed by atoms with Crippen LogP contribution in [0, 0.1) is 6.92 Å². The number of hydrogen-bond donors (Lipinski definition) is 1. The molecule has 0 fully saturated rings. The zero-order valence-corrected chi connectivity index (χ0v) is 11.0. The summed E-state index contributed by atoms with van der Waals surface area (Å²) in [6.45, 7) is 5.13. The van der Waals surface area contributed by atoms with Crippen LogP contribution in [0.4, 0.5) is 0 Å². The first kappa shape index (κ1) is 14.1. The van der Waals surface area contributed by atoms with Crippen LogP contribution in [-0.2, 0) is 4.79 Å². The fourth-order valence-electron chi connectivity index (χ4n) is 1.54. The topological polar surface area (TPSA) is 83.4 Å². The van der Waals surface area contributed by atoms with Crippen molar-refractivity contribution >= 4 is 11.9 Å². The number of amides is 1. The van der Waals surface area contributed by atoms with Crippen LogP contribution < -0.4 is 0 Å². The molecule has 6 heteroatoms. The van der Waals surface area contributed by atoms with Crippen LogP contribution in [0.1, 0.15) is 36.3 Å². The lowest BCUT2D eigenvalue weighted by Crippen LogP contribution is -2.46. The van der Waals surface area contributed by atoms with E-state index in [-0.39, 0.29) is 12.3 Å².